The molecule has 2 heterocycles. The van der Waals surface area contributed by atoms with Gasteiger partial charge < -0.3 is 19.7 Å². The number of nitrogens with zero attached hydrogens (tertiary/aromatic N) is 3. The molecular formula is C13H20N4O3. The van der Waals surface area contributed by atoms with Crippen LogP contribution in [-0.2, 0) is 4.74 Å². The van der Waals surface area contributed by atoms with E-state index in [1.807, 2.05) is 0 Å². The smallest absolute Gasteiger partial charge is 0.317 e. The molecule has 1 N–H and O–H groups in total. The summed E-state index contributed by atoms with van der Waals surface area (Å²) in [4.78, 5) is 13.6. The molecule has 0 aliphatic carbocycles. The number of hydrogen-bond acceptors (Lipinski definition) is 5. The van der Waals surface area contributed by atoms with Crippen molar-refractivity contribution in [2.24, 2.45) is 0 Å². The lowest BCUT2D eigenvalue weighted by Gasteiger charge is -2.31. The van der Waals surface area contributed by atoms with Gasteiger partial charge in [0.2, 0.25) is 5.88 Å². The first-order valence-corrected chi connectivity index (χ1v) is 6.75. The van der Waals surface area contributed by atoms with Gasteiger partial charge in [-0.25, -0.2) is 4.79 Å². The van der Waals surface area contributed by atoms with E-state index in [1.54, 1.807) is 30.3 Å². The van der Waals surface area contributed by atoms with E-state index in [9.17, 15) is 4.79 Å². The Balaban J connectivity index is 1.71. The van der Waals surface area contributed by atoms with Crippen LogP contribution in [0.4, 0.5) is 4.79 Å². The second-order valence-electron chi connectivity index (χ2n) is 4.59. The van der Waals surface area contributed by atoms with Gasteiger partial charge in [0.1, 0.15) is 6.10 Å². The first kappa shape index (κ1) is 14.5. The third kappa shape index (κ3) is 4.34. The van der Waals surface area contributed by atoms with Crippen molar-refractivity contribution in [3.05, 3.63) is 18.3 Å². The molecule has 2 amide bonds. The SMILES string of the molecule is COCCNC(=O)N1CCC(Oc2cccnn2)CC1. The van der Waals surface area contributed by atoms with Crippen molar-refractivity contribution in [3.63, 3.8) is 0 Å². The zero-order chi connectivity index (χ0) is 14.2. The van der Waals surface area contributed by atoms with Crippen LogP contribution in [0.15, 0.2) is 18.3 Å². The first-order valence-electron chi connectivity index (χ1n) is 6.75. The highest BCUT2D eigenvalue weighted by molar-refractivity contribution is 5.74. The number of piperidine rings is 1. The molecule has 110 valence electrons. The highest BCUT2D eigenvalue weighted by atomic mass is 16.5. The monoisotopic (exact) mass is 280 g/mol. The predicted octanol–water partition coefficient (Wildman–Crippen LogP) is 0.676. The summed E-state index contributed by atoms with van der Waals surface area (Å²) in [5.41, 5.74) is 0. The van der Waals surface area contributed by atoms with Gasteiger partial charge in [-0.1, -0.05) is 0 Å². The van der Waals surface area contributed by atoms with Gasteiger partial charge in [0.25, 0.3) is 0 Å². The van der Waals surface area contributed by atoms with Crippen LogP contribution in [0.25, 0.3) is 0 Å². The quantitative estimate of drug-likeness (QED) is 0.802. The third-order valence-corrected chi connectivity index (χ3v) is 3.15. The molecule has 1 aliphatic heterocycles. The van der Waals surface area contributed by atoms with Crippen molar-refractivity contribution >= 4 is 6.03 Å². The van der Waals surface area contributed by atoms with Crippen molar-refractivity contribution in [1.29, 1.82) is 0 Å². The number of carbonyl (C=O) groups is 1. The number of methoxy groups -OCH3 is 1. The van der Waals surface area contributed by atoms with E-state index in [1.165, 1.54) is 0 Å². The lowest BCUT2D eigenvalue weighted by Crippen LogP contribution is -2.47. The number of likely N-dealkylation sites (tertiary alicyclic amines) is 1. The standard InChI is InChI=1S/C13H20N4O3/c1-19-10-7-14-13(18)17-8-4-11(5-9-17)20-12-3-2-6-15-16-12/h2-3,6,11H,4-5,7-10H2,1H3,(H,14,18). The van der Waals surface area contributed by atoms with E-state index < -0.39 is 0 Å². The van der Waals surface area contributed by atoms with Gasteiger partial charge in [-0.2, -0.15) is 5.10 Å². The number of ether oxygens (including phenoxy) is 2. The largest absolute Gasteiger partial charge is 0.473 e. The first-order chi connectivity index (χ1) is 9.79. The molecule has 0 atom stereocenters. The van der Waals surface area contributed by atoms with E-state index >= 15 is 0 Å². The number of nitrogens with one attached hydrogen (secondary N) is 1. The van der Waals surface area contributed by atoms with Gasteiger partial charge in [-0.3, -0.25) is 0 Å². The van der Waals surface area contributed by atoms with Crippen LogP contribution in [0.1, 0.15) is 12.8 Å². The van der Waals surface area contributed by atoms with Crippen molar-refractivity contribution < 1.29 is 14.3 Å². The minimum atomic E-state index is -0.0417. The Morgan fingerprint density at radius 3 is 2.95 bits per heavy atom. The van der Waals surface area contributed by atoms with Gasteiger partial charge in [0.15, 0.2) is 0 Å². The molecule has 0 spiro atoms. The van der Waals surface area contributed by atoms with Gasteiger partial charge in [-0.15, -0.1) is 5.10 Å². The molecule has 1 aliphatic rings. The minimum absolute atomic E-state index is 0.0417. The van der Waals surface area contributed by atoms with Crippen LogP contribution in [0, 0.1) is 0 Å². The highest BCUT2D eigenvalue weighted by Crippen LogP contribution is 2.16. The van der Waals surface area contributed by atoms with Crippen molar-refractivity contribution in [3.8, 4) is 5.88 Å². The molecular weight excluding hydrogens is 260 g/mol. The Morgan fingerprint density at radius 1 is 1.50 bits per heavy atom. The number of hydrogen-bond donors (Lipinski definition) is 1. The number of urea groups is 1. The maximum Gasteiger partial charge on any atom is 0.317 e. The zero-order valence-corrected chi connectivity index (χ0v) is 11.6. The zero-order valence-electron chi connectivity index (χ0n) is 11.6. The number of rotatable bonds is 5. The Bertz CT molecular complexity index is 407. The Hall–Kier alpha value is -1.89. The molecule has 0 radical (unpaired) electrons. The third-order valence-electron chi connectivity index (χ3n) is 3.15. The fourth-order valence-electron chi connectivity index (χ4n) is 2.07. The van der Waals surface area contributed by atoms with Crippen molar-refractivity contribution in [2.45, 2.75) is 18.9 Å². The molecule has 0 bridgehead atoms. The maximum atomic E-state index is 11.8. The summed E-state index contributed by atoms with van der Waals surface area (Å²) < 4.78 is 10.6. The molecule has 0 aromatic carbocycles. The van der Waals surface area contributed by atoms with Gasteiger partial charge in [0.05, 0.1) is 6.61 Å². The molecule has 7 heteroatoms. The highest BCUT2D eigenvalue weighted by Gasteiger charge is 2.23. The summed E-state index contributed by atoms with van der Waals surface area (Å²) in [6, 6.07) is 3.54. The van der Waals surface area contributed by atoms with Crippen LogP contribution >= 0.6 is 0 Å². The second kappa shape index (κ2) is 7.64. The van der Waals surface area contributed by atoms with Gasteiger partial charge in [0, 0.05) is 51.8 Å². The fourth-order valence-corrected chi connectivity index (χ4v) is 2.07. The van der Waals surface area contributed by atoms with E-state index in [0.29, 0.717) is 32.1 Å². The van der Waals surface area contributed by atoms with Crippen LogP contribution in [-0.4, -0.2) is 60.6 Å². The van der Waals surface area contributed by atoms with Crippen LogP contribution in [0.2, 0.25) is 0 Å². The average Bonchev–Trinajstić information content (AvgIpc) is 2.49. The summed E-state index contributed by atoms with van der Waals surface area (Å²) in [6.45, 7) is 2.43. The van der Waals surface area contributed by atoms with Crippen LogP contribution in [0.5, 0.6) is 5.88 Å². The summed E-state index contributed by atoms with van der Waals surface area (Å²) in [7, 11) is 1.61. The Morgan fingerprint density at radius 2 is 2.30 bits per heavy atom. The molecule has 20 heavy (non-hydrogen) atoms. The normalized spacial score (nSPS) is 15.9. The van der Waals surface area contributed by atoms with E-state index in [0.717, 1.165) is 12.8 Å². The van der Waals surface area contributed by atoms with E-state index in [4.69, 9.17) is 9.47 Å². The topological polar surface area (TPSA) is 76.6 Å². The molecule has 1 fully saturated rings. The second-order valence-corrected chi connectivity index (χ2v) is 4.59. The van der Waals surface area contributed by atoms with E-state index in [-0.39, 0.29) is 12.1 Å². The molecule has 0 unspecified atom stereocenters. The number of amides is 2. The lowest BCUT2D eigenvalue weighted by atomic mass is 10.1. The molecule has 1 saturated heterocycles. The van der Waals surface area contributed by atoms with Crippen LogP contribution in [0.3, 0.4) is 0 Å². The molecule has 7 nitrogen and oxygen atoms in total. The summed E-state index contributed by atoms with van der Waals surface area (Å²) in [5, 5.41) is 10.5. The molecule has 1 aromatic rings. The summed E-state index contributed by atoms with van der Waals surface area (Å²) in [6.07, 6.45) is 3.30. The van der Waals surface area contributed by atoms with Crippen LogP contribution < -0.4 is 10.1 Å². The number of carbonyl (C=O) groups excluding carboxylic acids is 1. The Kier molecular flexibility index (Phi) is 5.55. The van der Waals surface area contributed by atoms with Crippen molar-refractivity contribution in [1.82, 2.24) is 20.4 Å². The summed E-state index contributed by atoms with van der Waals surface area (Å²) in [5.74, 6) is 0.537. The minimum Gasteiger partial charge on any atom is -0.473 e. The molecule has 2 rings (SSSR count). The van der Waals surface area contributed by atoms with E-state index in [2.05, 4.69) is 15.5 Å². The molecule has 0 saturated carbocycles. The Labute approximate surface area is 118 Å². The van der Waals surface area contributed by atoms with Gasteiger partial charge in [-0.05, 0) is 6.07 Å². The van der Waals surface area contributed by atoms with Crippen molar-refractivity contribution in [2.75, 3.05) is 33.4 Å². The number of aromatic nitrogens is 2. The summed E-state index contributed by atoms with van der Waals surface area (Å²) >= 11 is 0. The van der Waals surface area contributed by atoms with Gasteiger partial charge >= 0.3 is 6.03 Å². The maximum absolute atomic E-state index is 11.8. The average molecular weight is 280 g/mol. The fraction of sp³-hybridized carbons (Fsp3) is 0.615. The predicted molar refractivity (Wildman–Crippen MR) is 72.5 cm³/mol. The molecule has 1 aromatic heterocycles. The lowest BCUT2D eigenvalue weighted by molar-refractivity contribution is 0.105.